The third-order valence-electron chi connectivity index (χ3n) is 11.7. The van der Waals surface area contributed by atoms with Crippen LogP contribution in [-0.4, -0.2) is 17.3 Å². The summed E-state index contributed by atoms with van der Waals surface area (Å²) in [5, 5.41) is 7.51. The van der Waals surface area contributed by atoms with E-state index in [0.29, 0.717) is 0 Å². The molecular weight excluding hydrogens is 645 g/mol. The van der Waals surface area contributed by atoms with E-state index >= 15 is 0 Å². The smallest absolute Gasteiger partial charge is 0.135 e. The molecule has 2 aliphatic carbocycles. The molecular formula is C50H36N2O. The van der Waals surface area contributed by atoms with Crippen LogP contribution < -0.4 is 4.74 Å². The molecule has 0 radical (unpaired) electrons. The number of hydrogen-bond donors (Lipinski definition) is 0. The highest BCUT2D eigenvalue weighted by atomic mass is 16.5. The number of nitrogens with zero attached hydrogens (tertiary/aromatic N) is 2. The number of hydrogen-bond acceptors (Lipinski definition) is 3. The molecule has 3 heteroatoms. The minimum Gasteiger partial charge on any atom is -0.484 e. The van der Waals surface area contributed by atoms with Gasteiger partial charge < -0.3 is 4.74 Å². The molecule has 1 aromatic heterocycles. The van der Waals surface area contributed by atoms with Gasteiger partial charge in [0.2, 0.25) is 0 Å². The summed E-state index contributed by atoms with van der Waals surface area (Å²) in [4.78, 5) is 9.08. The van der Waals surface area contributed by atoms with Crippen molar-refractivity contribution >= 4 is 55.8 Å². The molecule has 7 aromatic rings. The highest BCUT2D eigenvalue weighted by Gasteiger charge is 2.39. The first kappa shape index (κ1) is 30.3. The minimum atomic E-state index is -0.102. The molecule has 252 valence electrons. The van der Waals surface area contributed by atoms with Crippen molar-refractivity contribution in [2.75, 3.05) is 0 Å². The van der Waals surface area contributed by atoms with Crippen molar-refractivity contribution in [2.45, 2.75) is 37.7 Å². The Balaban J connectivity index is 1.06. The first-order valence-electron chi connectivity index (χ1n) is 18.8. The largest absolute Gasteiger partial charge is 0.484 e. The maximum Gasteiger partial charge on any atom is 0.135 e. The lowest BCUT2D eigenvalue weighted by Gasteiger charge is -2.29. The maximum atomic E-state index is 7.17. The second kappa shape index (κ2) is 12.1. The average Bonchev–Trinajstić information content (AvgIpc) is 3.61. The van der Waals surface area contributed by atoms with Crippen LogP contribution in [0.5, 0.6) is 5.75 Å². The Morgan fingerprint density at radius 2 is 1.34 bits per heavy atom. The van der Waals surface area contributed by atoms with E-state index in [1.807, 2.05) is 24.7 Å². The van der Waals surface area contributed by atoms with E-state index < -0.39 is 0 Å². The molecule has 0 saturated heterocycles. The molecule has 3 nitrogen and oxygen atoms in total. The number of ether oxygens (including phenoxy) is 1. The molecule has 11 rings (SSSR count). The van der Waals surface area contributed by atoms with Gasteiger partial charge in [-0.2, -0.15) is 0 Å². The number of aliphatic imine (C=N–C) groups is 1. The third-order valence-corrected chi connectivity index (χ3v) is 11.7. The van der Waals surface area contributed by atoms with Crippen molar-refractivity contribution in [1.82, 2.24) is 4.98 Å². The van der Waals surface area contributed by atoms with Gasteiger partial charge in [-0.3, -0.25) is 9.98 Å². The summed E-state index contributed by atoms with van der Waals surface area (Å²) in [5.41, 5.74) is 14.1. The van der Waals surface area contributed by atoms with Crippen LogP contribution in [0.4, 0.5) is 0 Å². The topological polar surface area (TPSA) is 34.5 Å². The standard InChI is InChI=1S/C50H36N2O/c1-3-16-37-35(14-1)46(36-15-2-4-17-38(36)47(37)32-12-10-26-51-29-32)31-24-25-34-43-22-9-23-44(50(43)53-45(34)28-31)49-41-20-7-5-18-39(41)48(33-13-11-27-52-30-33)40-19-6-8-21-42(40)49/h1-7,9-10,12,14-20,22-30,43,50H,8,11,13,21H2. The van der Waals surface area contributed by atoms with Crippen molar-refractivity contribution in [3.05, 3.63) is 174 Å². The fourth-order valence-corrected chi connectivity index (χ4v) is 9.51. The molecule has 6 aromatic carbocycles. The Kier molecular flexibility index (Phi) is 6.94. The van der Waals surface area contributed by atoms with E-state index in [-0.39, 0.29) is 12.0 Å². The minimum absolute atomic E-state index is 0.102. The first-order valence-corrected chi connectivity index (χ1v) is 18.8. The lowest BCUT2D eigenvalue weighted by molar-refractivity contribution is 0.278. The first-order chi connectivity index (χ1) is 26.3. The Bertz CT molecular complexity index is 2760. The van der Waals surface area contributed by atoms with E-state index in [2.05, 4.69) is 144 Å². The van der Waals surface area contributed by atoms with Crippen LogP contribution in [0.1, 0.15) is 53.0 Å². The van der Waals surface area contributed by atoms with Gasteiger partial charge in [0.05, 0.1) is 0 Å². The summed E-state index contributed by atoms with van der Waals surface area (Å²) < 4.78 is 7.17. The maximum absolute atomic E-state index is 7.17. The van der Waals surface area contributed by atoms with Gasteiger partial charge in [0, 0.05) is 47.4 Å². The molecule has 53 heavy (non-hydrogen) atoms. The SMILES string of the molecule is C1=CC2c3ccc(-c4c5ccccc5c(-c5cccnc5)c5ccccc45)cc3OC2C(c2c3c(c(C4=CN=CCC4)c4ccccc24)C=CCC3)=C1. The molecule has 4 aliphatic rings. The van der Waals surface area contributed by atoms with Gasteiger partial charge in [-0.15, -0.1) is 0 Å². The number of rotatable bonds is 4. The van der Waals surface area contributed by atoms with Gasteiger partial charge >= 0.3 is 0 Å². The van der Waals surface area contributed by atoms with Gasteiger partial charge in [-0.25, -0.2) is 0 Å². The molecule has 0 N–H and O–H groups in total. The third kappa shape index (κ3) is 4.67. The fraction of sp³-hybridized carbons (Fsp3) is 0.120. The quantitative estimate of drug-likeness (QED) is 0.173. The highest BCUT2D eigenvalue weighted by Crippen LogP contribution is 2.52. The van der Waals surface area contributed by atoms with Gasteiger partial charge in [-0.05, 0) is 115 Å². The van der Waals surface area contributed by atoms with Crippen molar-refractivity contribution in [2.24, 2.45) is 4.99 Å². The zero-order valence-electron chi connectivity index (χ0n) is 29.3. The van der Waals surface area contributed by atoms with Crippen LogP contribution in [0.3, 0.4) is 0 Å². The van der Waals surface area contributed by atoms with Crippen LogP contribution in [0, 0.1) is 0 Å². The van der Waals surface area contributed by atoms with E-state index in [4.69, 9.17) is 4.74 Å². The Labute approximate surface area is 309 Å². The molecule has 2 unspecified atom stereocenters. The van der Waals surface area contributed by atoms with Crippen molar-refractivity contribution in [3.63, 3.8) is 0 Å². The lowest BCUT2D eigenvalue weighted by atomic mass is 9.76. The van der Waals surface area contributed by atoms with Crippen LogP contribution in [0.25, 0.3) is 71.8 Å². The van der Waals surface area contributed by atoms with Crippen molar-refractivity contribution < 1.29 is 4.74 Å². The van der Waals surface area contributed by atoms with E-state index in [0.717, 1.165) is 37.0 Å². The molecule has 3 heterocycles. The second-order valence-electron chi connectivity index (χ2n) is 14.6. The summed E-state index contributed by atoms with van der Waals surface area (Å²) in [6.07, 6.45) is 23.5. The van der Waals surface area contributed by atoms with Gasteiger partial charge in [0.1, 0.15) is 11.9 Å². The van der Waals surface area contributed by atoms with Gasteiger partial charge in [0.15, 0.2) is 0 Å². The molecule has 0 saturated carbocycles. The Hall–Kier alpha value is -6.32. The summed E-state index contributed by atoms with van der Waals surface area (Å²) in [5.74, 6) is 1.11. The lowest BCUT2D eigenvalue weighted by Crippen LogP contribution is -2.23. The van der Waals surface area contributed by atoms with E-state index in [1.54, 1.807) is 0 Å². The number of fused-ring (bicyclic) bond motifs is 7. The summed E-state index contributed by atoms with van der Waals surface area (Å²) >= 11 is 0. The summed E-state index contributed by atoms with van der Waals surface area (Å²) in [6.45, 7) is 0. The van der Waals surface area contributed by atoms with Crippen molar-refractivity contribution in [1.29, 1.82) is 0 Å². The molecule has 0 amide bonds. The van der Waals surface area contributed by atoms with Crippen molar-refractivity contribution in [3.8, 4) is 28.0 Å². The average molecular weight is 681 g/mol. The zero-order chi connectivity index (χ0) is 34.9. The molecule has 0 bridgehead atoms. The predicted molar refractivity (Wildman–Crippen MR) is 221 cm³/mol. The summed E-state index contributed by atoms with van der Waals surface area (Å²) in [7, 11) is 0. The monoisotopic (exact) mass is 680 g/mol. The van der Waals surface area contributed by atoms with E-state index in [1.165, 1.54) is 88.0 Å². The van der Waals surface area contributed by atoms with Gasteiger partial charge in [-0.1, -0.05) is 121 Å². The Morgan fingerprint density at radius 3 is 2.02 bits per heavy atom. The van der Waals surface area contributed by atoms with Crippen LogP contribution in [-0.2, 0) is 6.42 Å². The second-order valence-corrected chi connectivity index (χ2v) is 14.6. The number of allylic oxidation sites excluding steroid dienone is 4. The molecule has 0 spiro atoms. The Morgan fingerprint density at radius 1 is 0.642 bits per heavy atom. The molecule has 2 atom stereocenters. The normalized spacial score (nSPS) is 18.4. The fourth-order valence-electron chi connectivity index (χ4n) is 9.51. The number of benzene rings is 6. The van der Waals surface area contributed by atoms with Crippen LogP contribution >= 0.6 is 0 Å². The molecule has 0 fully saturated rings. The van der Waals surface area contributed by atoms with E-state index in [9.17, 15) is 0 Å². The number of pyridine rings is 1. The van der Waals surface area contributed by atoms with Gasteiger partial charge in [0.25, 0.3) is 0 Å². The summed E-state index contributed by atoms with van der Waals surface area (Å²) in [6, 6.07) is 37.7. The van der Waals surface area contributed by atoms with Crippen LogP contribution in [0.2, 0.25) is 0 Å². The number of aromatic nitrogens is 1. The zero-order valence-corrected chi connectivity index (χ0v) is 29.3. The highest BCUT2D eigenvalue weighted by molar-refractivity contribution is 6.21. The predicted octanol–water partition coefficient (Wildman–Crippen LogP) is 12.5. The van der Waals surface area contributed by atoms with Crippen LogP contribution in [0.15, 0.2) is 151 Å². The molecule has 2 aliphatic heterocycles.